The molecular formula is C14H21BrN2O3S. The van der Waals surface area contributed by atoms with Crippen LogP contribution in [0.5, 0.6) is 0 Å². The van der Waals surface area contributed by atoms with Crippen molar-refractivity contribution in [2.45, 2.75) is 24.8 Å². The Morgan fingerprint density at radius 2 is 2.24 bits per heavy atom. The van der Waals surface area contributed by atoms with Crippen molar-refractivity contribution in [1.29, 1.82) is 0 Å². The highest BCUT2D eigenvalue weighted by Gasteiger charge is 2.24. The van der Waals surface area contributed by atoms with Crippen molar-refractivity contribution in [2.24, 2.45) is 5.92 Å². The van der Waals surface area contributed by atoms with E-state index < -0.39 is 10.0 Å². The van der Waals surface area contributed by atoms with Crippen molar-refractivity contribution in [2.75, 3.05) is 26.2 Å². The van der Waals surface area contributed by atoms with E-state index >= 15 is 0 Å². The highest BCUT2D eigenvalue weighted by molar-refractivity contribution is 9.10. The quantitative estimate of drug-likeness (QED) is 0.790. The van der Waals surface area contributed by atoms with E-state index in [0.717, 1.165) is 26.1 Å². The number of rotatable bonds is 6. The van der Waals surface area contributed by atoms with Gasteiger partial charge in [0.05, 0.1) is 11.5 Å². The number of halogens is 1. The Morgan fingerprint density at radius 1 is 1.48 bits per heavy atom. The lowest BCUT2D eigenvalue weighted by molar-refractivity contribution is 0.281. The van der Waals surface area contributed by atoms with Crippen molar-refractivity contribution in [3.05, 3.63) is 28.2 Å². The maximum atomic E-state index is 12.4. The van der Waals surface area contributed by atoms with Crippen LogP contribution in [0.1, 0.15) is 18.9 Å². The first-order valence-corrected chi connectivity index (χ1v) is 9.35. The molecule has 0 bridgehead atoms. The number of aliphatic hydroxyl groups is 1. The van der Waals surface area contributed by atoms with Gasteiger partial charge in [-0.25, -0.2) is 13.1 Å². The molecule has 1 unspecified atom stereocenters. The van der Waals surface area contributed by atoms with Crippen molar-refractivity contribution in [1.82, 2.24) is 9.62 Å². The first kappa shape index (κ1) is 16.9. The molecule has 1 aromatic rings. The molecule has 2 N–H and O–H groups in total. The molecule has 0 aromatic heterocycles. The molecule has 0 spiro atoms. The monoisotopic (exact) mass is 376 g/mol. The van der Waals surface area contributed by atoms with Gasteiger partial charge in [-0.2, -0.15) is 0 Å². The first-order valence-electron chi connectivity index (χ1n) is 7.07. The Kier molecular flexibility index (Phi) is 5.79. The Hall–Kier alpha value is -0.470. The molecule has 5 nitrogen and oxygen atoms in total. The molecule has 2 rings (SSSR count). The third-order valence-corrected chi connectivity index (χ3v) is 6.26. The summed E-state index contributed by atoms with van der Waals surface area (Å²) >= 11 is 3.26. The summed E-state index contributed by atoms with van der Waals surface area (Å²) in [6, 6.07) is 4.84. The lowest BCUT2D eigenvalue weighted by Gasteiger charge is -2.14. The average Bonchev–Trinajstić information content (AvgIpc) is 2.94. The fourth-order valence-corrected chi connectivity index (χ4v) is 4.65. The van der Waals surface area contributed by atoms with Crippen molar-refractivity contribution in [3.63, 3.8) is 0 Å². The number of nitrogens with one attached hydrogen (secondary N) is 1. The number of hydrogen-bond donors (Lipinski definition) is 2. The van der Waals surface area contributed by atoms with Gasteiger partial charge in [-0.1, -0.05) is 13.0 Å². The normalized spacial score (nSPS) is 20.0. The van der Waals surface area contributed by atoms with Crippen molar-refractivity contribution >= 4 is 26.0 Å². The fraction of sp³-hybridized carbons (Fsp3) is 0.571. The predicted octanol–water partition coefficient (Wildman–Crippen LogP) is 1.56. The van der Waals surface area contributed by atoms with Gasteiger partial charge in [0, 0.05) is 17.6 Å². The van der Waals surface area contributed by atoms with Crippen LogP contribution in [0.25, 0.3) is 0 Å². The summed E-state index contributed by atoms with van der Waals surface area (Å²) in [5, 5.41) is 9.14. The Balaban J connectivity index is 2.05. The molecule has 7 heteroatoms. The van der Waals surface area contributed by atoms with Crippen LogP contribution in [0.2, 0.25) is 0 Å². The molecule has 0 radical (unpaired) electrons. The van der Waals surface area contributed by atoms with Gasteiger partial charge in [0.1, 0.15) is 0 Å². The van der Waals surface area contributed by atoms with E-state index in [1.807, 2.05) is 0 Å². The van der Waals surface area contributed by atoms with Gasteiger partial charge in [0.15, 0.2) is 0 Å². The lowest BCUT2D eigenvalue weighted by Crippen LogP contribution is -2.31. The van der Waals surface area contributed by atoms with E-state index in [9.17, 15) is 8.42 Å². The van der Waals surface area contributed by atoms with Crippen LogP contribution in [0, 0.1) is 5.92 Å². The number of benzene rings is 1. The van der Waals surface area contributed by atoms with Gasteiger partial charge in [-0.3, -0.25) is 0 Å². The van der Waals surface area contributed by atoms with Crippen molar-refractivity contribution < 1.29 is 13.5 Å². The smallest absolute Gasteiger partial charge is 0.241 e. The van der Waals surface area contributed by atoms with E-state index in [0.29, 0.717) is 22.5 Å². The van der Waals surface area contributed by atoms with Crippen LogP contribution in [0.15, 0.2) is 27.6 Å². The average molecular weight is 377 g/mol. The first-order chi connectivity index (χ1) is 9.96. The number of likely N-dealkylation sites (tertiary alicyclic amines) is 1. The second-order valence-electron chi connectivity index (χ2n) is 5.32. The van der Waals surface area contributed by atoms with Gasteiger partial charge in [0.25, 0.3) is 0 Å². The van der Waals surface area contributed by atoms with E-state index in [4.69, 9.17) is 5.11 Å². The van der Waals surface area contributed by atoms with Gasteiger partial charge >= 0.3 is 0 Å². The zero-order valence-corrected chi connectivity index (χ0v) is 14.5. The largest absolute Gasteiger partial charge is 0.392 e. The Morgan fingerprint density at radius 3 is 2.86 bits per heavy atom. The SMILES string of the molecule is CCN1CCC(CNS(=O)(=O)c2cc(CO)ccc2Br)C1. The zero-order valence-electron chi connectivity index (χ0n) is 12.0. The Bertz CT molecular complexity index is 592. The number of sulfonamides is 1. The van der Waals surface area contributed by atoms with Crippen LogP contribution in [0.3, 0.4) is 0 Å². The number of hydrogen-bond acceptors (Lipinski definition) is 4. The molecule has 1 saturated heterocycles. The minimum atomic E-state index is -3.56. The molecule has 118 valence electrons. The number of aliphatic hydroxyl groups excluding tert-OH is 1. The third-order valence-electron chi connectivity index (χ3n) is 3.85. The summed E-state index contributed by atoms with van der Waals surface area (Å²) in [5.74, 6) is 0.361. The summed E-state index contributed by atoms with van der Waals surface area (Å²) in [4.78, 5) is 2.50. The standard InChI is InChI=1S/C14H21BrN2O3S/c1-2-17-6-5-12(9-17)8-16-21(19,20)14-7-11(10-18)3-4-13(14)15/h3-4,7,12,16,18H,2,5-6,8-10H2,1H3. The van der Waals surface area contributed by atoms with Gasteiger partial charge in [0.2, 0.25) is 10.0 Å². The minimum Gasteiger partial charge on any atom is -0.392 e. The van der Waals surface area contributed by atoms with E-state index in [1.54, 1.807) is 12.1 Å². The second-order valence-corrected chi connectivity index (χ2v) is 7.91. The molecule has 1 aliphatic heterocycles. The van der Waals surface area contributed by atoms with Crippen molar-refractivity contribution in [3.8, 4) is 0 Å². The van der Waals surface area contributed by atoms with Gasteiger partial charge in [-0.15, -0.1) is 0 Å². The minimum absolute atomic E-state index is 0.177. The summed E-state index contributed by atoms with van der Waals surface area (Å²) in [6.45, 7) is 5.37. The maximum Gasteiger partial charge on any atom is 0.241 e. The summed E-state index contributed by atoms with van der Waals surface area (Å²) in [5.41, 5.74) is 0.580. The fourth-order valence-electron chi connectivity index (χ4n) is 2.52. The van der Waals surface area contributed by atoms with Crippen LogP contribution in [-0.4, -0.2) is 44.6 Å². The maximum absolute atomic E-state index is 12.4. The molecule has 0 amide bonds. The molecule has 1 fully saturated rings. The topological polar surface area (TPSA) is 69.6 Å². The van der Waals surface area contributed by atoms with Crippen LogP contribution in [0.4, 0.5) is 0 Å². The number of nitrogens with zero attached hydrogens (tertiary/aromatic N) is 1. The summed E-state index contributed by atoms with van der Waals surface area (Å²) in [6.07, 6.45) is 1.02. The lowest BCUT2D eigenvalue weighted by atomic mass is 10.1. The van der Waals surface area contributed by atoms with Crippen LogP contribution in [-0.2, 0) is 16.6 Å². The molecule has 1 heterocycles. The van der Waals surface area contributed by atoms with Gasteiger partial charge < -0.3 is 10.0 Å². The summed E-state index contributed by atoms with van der Waals surface area (Å²) in [7, 11) is -3.56. The summed E-state index contributed by atoms with van der Waals surface area (Å²) < 4.78 is 28.0. The molecule has 1 aliphatic rings. The third kappa shape index (κ3) is 4.26. The highest BCUT2D eigenvalue weighted by Crippen LogP contribution is 2.24. The second kappa shape index (κ2) is 7.19. The van der Waals surface area contributed by atoms with Crippen LogP contribution >= 0.6 is 15.9 Å². The predicted molar refractivity (Wildman–Crippen MR) is 85.5 cm³/mol. The van der Waals surface area contributed by atoms with E-state index in [1.165, 1.54) is 6.07 Å². The molecule has 1 atom stereocenters. The molecular weight excluding hydrogens is 356 g/mol. The zero-order chi connectivity index (χ0) is 15.5. The van der Waals surface area contributed by atoms with E-state index in [-0.39, 0.29) is 11.5 Å². The molecule has 0 aliphatic carbocycles. The van der Waals surface area contributed by atoms with Gasteiger partial charge in [-0.05, 0) is 59.1 Å². The molecule has 1 aromatic carbocycles. The van der Waals surface area contributed by atoms with Crippen LogP contribution < -0.4 is 4.72 Å². The Labute approximate surface area is 134 Å². The molecule has 0 saturated carbocycles. The highest BCUT2D eigenvalue weighted by atomic mass is 79.9. The molecule has 21 heavy (non-hydrogen) atoms. The van der Waals surface area contributed by atoms with E-state index in [2.05, 4.69) is 32.5 Å².